The summed E-state index contributed by atoms with van der Waals surface area (Å²) in [5, 5.41) is 2.99. The van der Waals surface area contributed by atoms with Crippen LogP contribution in [0.25, 0.3) is 11.3 Å². The molecule has 0 spiro atoms. The van der Waals surface area contributed by atoms with E-state index < -0.39 is 0 Å². The molecule has 1 unspecified atom stereocenters. The quantitative estimate of drug-likeness (QED) is 0.391. The summed E-state index contributed by atoms with van der Waals surface area (Å²) < 4.78 is 0. The van der Waals surface area contributed by atoms with Crippen LogP contribution in [0.15, 0.2) is 91.0 Å². The second-order valence-electron chi connectivity index (χ2n) is 8.60. The van der Waals surface area contributed by atoms with Gasteiger partial charge in [-0.3, -0.25) is 4.79 Å². The molecule has 0 bridgehead atoms. The van der Waals surface area contributed by atoms with Gasteiger partial charge >= 0.3 is 0 Å². The Labute approximate surface area is 199 Å². The van der Waals surface area contributed by atoms with E-state index in [1.165, 1.54) is 11.3 Å². The summed E-state index contributed by atoms with van der Waals surface area (Å²) in [5.74, 6) is 0.655. The zero-order valence-corrected chi connectivity index (χ0v) is 18.8. The highest BCUT2D eigenvalue weighted by atomic mass is 16.1. The Hall–Kier alpha value is -4.32. The maximum Gasteiger partial charge on any atom is 0.255 e. The van der Waals surface area contributed by atoms with Crippen molar-refractivity contribution in [3.05, 3.63) is 102 Å². The van der Waals surface area contributed by atoms with Crippen LogP contribution in [0.2, 0.25) is 0 Å². The van der Waals surface area contributed by atoms with E-state index in [0.717, 1.165) is 30.8 Å². The fourth-order valence-corrected chi connectivity index (χ4v) is 4.42. The van der Waals surface area contributed by atoms with Gasteiger partial charge in [-0.15, -0.1) is 0 Å². The molecule has 0 aliphatic carbocycles. The highest BCUT2D eigenvalue weighted by Crippen LogP contribution is 2.31. The number of rotatable bonds is 5. The molecule has 0 radical (unpaired) electrons. The SMILES string of the molecule is Nc1ccc(-c2cccc(C(=O)Nc3ccc(N4CCC(c5ccccc5)C4)cc3)c2)nc1N. The predicted molar refractivity (Wildman–Crippen MR) is 139 cm³/mol. The van der Waals surface area contributed by atoms with Crippen molar-refractivity contribution in [2.75, 3.05) is 34.8 Å². The number of pyridine rings is 1. The Morgan fingerprint density at radius 3 is 2.47 bits per heavy atom. The molecule has 1 atom stereocenters. The largest absolute Gasteiger partial charge is 0.396 e. The van der Waals surface area contributed by atoms with Crippen LogP contribution in [0.4, 0.5) is 22.9 Å². The molecule has 6 nitrogen and oxygen atoms in total. The summed E-state index contributed by atoms with van der Waals surface area (Å²) in [6, 6.07) is 29.5. The van der Waals surface area contributed by atoms with Gasteiger partial charge in [0.1, 0.15) is 5.82 Å². The predicted octanol–water partition coefficient (Wildman–Crippen LogP) is 5.16. The topological polar surface area (TPSA) is 97.3 Å². The van der Waals surface area contributed by atoms with Gasteiger partial charge in [0, 0.05) is 41.5 Å². The highest BCUT2D eigenvalue weighted by Gasteiger charge is 2.23. The first-order valence-electron chi connectivity index (χ1n) is 11.4. The third-order valence-corrected chi connectivity index (χ3v) is 6.33. The van der Waals surface area contributed by atoms with E-state index >= 15 is 0 Å². The molecular formula is C28H27N5O. The van der Waals surface area contributed by atoms with Crippen molar-refractivity contribution >= 4 is 28.8 Å². The van der Waals surface area contributed by atoms with E-state index in [4.69, 9.17) is 11.5 Å². The summed E-state index contributed by atoms with van der Waals surface area (Å²) in [4.78, 5) is 19.6. The summed E-state index contributed by atoms with van der Waals surface area (Å²) in [6.07, 6.45) is 1.15. The monoisotopic (exact) mass is 449 g/mol. The van der Waals surface area contributed by atoms with Gasteiger partial charge < -0.3 is 21.7 Å². The standard InChI is InChI=1S/C28H27N5O/c29-25-13-14-26(32-27(25)30)20-7-4-8-21(17-20)28(34)31-23-9-11-24(12-10-23)33-16-15-22(18-33)19-5-2-1-3-6-19/h1-14,17,22H,15-16,18,29H2,(H2,30,32)(H,31,34). The smallest absolute Gasteiger partial charge is 0.255 e. The van der Waals surface area contributed by atoms with Crippen molar-refractivity contribution in [1.82, 2.24) is 4.98 Å². The van der Waals surface area contributed by atoms with E-state index in [9.17, 15) is 4.79 Å². The molecular weight excluding hydrogens is 422 g/mol. The van der Waals surface area contributed by atoms with Crippen LogP contribution >= 0.6 is 0 Å². The Morgan fingerprint density at radius 1 is 0.912 bits per heavy atom. The molecule has 1 saturated heterocycles. The molecule has 1 fully saturated rings. The van der Waals surface area contributed by atoms with Crippen molar-refractivity contribution in [2.45, 2.75) is 12.3 Å². The van der Waals surface area contributed by atoms with E-state index in [2.05, 4.69) is 57.7 Å². The fourth-order valence-electron chi connectivity index (χ4n) is 4.42. The molecule has 1 aliphatic heterocycles. The van der Waals surface area contributed by atoms with Crippen molar-refractivity contribution in [3.8, 4) is 11.3 Å². The second kappa shape index (κ2) is 9.27. The molecule has 5 N–H and O–H groups in total. The zero-order chi connectivity index (χ0) is 23.5. The number of nitrogen functional groups attached to an aromatic ring is 2. The van der Waals surface area contributed by atoms with E-state index in [1.807, 2.05) is 24.3 Å². The number of hydrogen-bond acceptors (Lipinski definition) is 5. The molecule has 1 aromatic heterocycles. The first kappa shape index (κ1) is 21.5. The molecule has 170 valence electrons. The zero-order valence-electron chi connectivity index (χ0n) is 18.8. The van der Waals surface area contributed by atoms with E-state index in [1.54, 1.807) is 24.3 Å². The molecule has 5 rings (SSSR count). The molecule has 1 amide bonds. The van der Waals surface area contributed by atoms with Gasteiger partial charge in [-0.05, 0) is 60.5 Å². The summed E-state index contributed by atoms with van der Waals surface area (Å²) in [7, 11) is 0. The summed E-state index contributed by atoms with van der Waals surface area (Å²) in [6.45, 7) is 2.04. The van der Waals surface area contributed by atoms with Crippen LogP contribution in [-0.2, 0) is 0 Å². The van der Waals surface area contributed by atoms with Gasteiger partial charge in [-0.1, -0.05) is 42.5 Å². The van der Waals surface area contributed by atoms with Gasteiger partial charge in [0.25, 0.3) is 5.91 Å². The Kier molecular flexibility index (Phi) is 5.87. The van der Waals surface area contributed by atoms with Crippen molar-refractivity contribution in [3.63, 3.8) is 0 Å². The van der Waals surface area contributed by atoms with Gasteiger partial charge in [0.15, 0.2) is 0 Å². The molecule has 3 aromatic carbocycles. The van der Waals surface area contributed by atoms with E-state index in [0.29, 0.717) is 22.9 Å². The third-order valence-electron chi connectivity index (χ3n) is 6.33. The lowest BCUT2D eigenvalue weighted by Gasteiger charge is -2.19. The van der Waals surface area contributed by atoms with Crippen molar-refractivity contribution < 1.29 is 4.79 Å². The summed E-state index contributed by atoms with van der Waals surface area (Å²) >= 11 is 0. The number of nitrogens with two attached hydrogens (primary N) is 2. The fraction of sp³-hybridized carbons (Fsp3) is 0.143. The van der Waals surface area contributed by atoms with Crippen molar-refractivity contribution in [2.24, 2.45) is 0 Å². The number of anilines is 4. The average molecular weight is 450 g/mol. The number of carbonyl (C=O) groups excluding carboxylic acids is 1. The third kappa shape index (κ3) is 4.57. The minimum atomic E-state index is -0.177. The number of hydrogen-bond donors (Lipinski definition) is 3. The van der Waals surface area contributed by atoms with Crippen molar-refractivity contribution in [1.29, 1.82) is 0 Å². The maximum atomic E-state index is 12.9. The Bertz CT molecular complexity index is 1300. The normalized spacial score (nSPS) is 15.3. The van der Waals surface area contributed by atoms with Gasteiger partial charge in [-0.2, -0.15) is 0 Å². The van der Waals surface area contributed by atoms with Gasteiger partial charge in [0.05, 0.1) is 11.4 Å². The minimum Gasteiger partial charge on any atom is -0.396 e. The Morgan fingerprint density at radius 2 is 1.71 bits per heavy atom. The number of nitrogens with zero attached hydrogens (tertiary/aromatic N) is 2. The van der Waals surface area contributed by atoms with Gasteiger partial charge in [-0.25, -0.2) is 4.98 Å². The molecule has 6 heteroatoms. The second-order valence-corrected chi connectivity index (χ2v) is 8.60. The molecule has 0 saturated carbocycles. The van der Waals surface area contributed by atoms with Crippen LogP contribution in [0.3, 0.4) is 0 Å². The minimum absolute atomic E-state index is 0.177. The molecule has 2 heterocycles. The van der Waals surface area contributed by atoms with Crippen LogP contribution in [0, 0.1) is 0 Å². The lowest BCUT2D eigenvalue weighted by molar-refractivity contribution is 0.102. The first-order valence-corrected chi connectivity index (χ1v) is 11.4. The van der Waals surface area contributed by atoms with Crippen LogP contribution < -0.4 is 21.7 Å². The number of aromatic nitrogens is 1. The molecule has 4 aromatic rings. The maximum absolute atomic E-state index is 12.9. The molecule has 34 heavy (non-hydrogen) atoms. The average Bonchev–Trinajstić information content (AvgIpc) is 3.37. The highest BCUT2D eigenvalue weighted by molar-refractivity contribution is 6.05. The number of amides is 1. The lowest BCUT2D eigenvalue weighted by atomic mass is 9.99. The number of carbonyl (C=O) groups is 1. The van der Waals surface area contributed by atoms with Crippen LogP contribution in [-0.4, -0.2) is 24.0 Å². The van der Waals surface area contributed by atoms with E-state index in [-0.39, 0.29) is 11.7 Å². The lowest BCUT2D eigenvalue weighted by Crippen LogP contribution is -2.19. The Balaban J connectivity index is 1.25. The number of nitrogens with one attached hydrogen (secondary N) is 1. The molecule has 1 aliphatic rings. The number of benzene rings is 3. The summed E-state index contributed by atoms with van der Waals surface area (Å²) in [5.41, 5.74) is 17.4. The van der Waals surface area contributed by atoms with Crippen LogP contribution in [0.1, 0.15) is 28.3 Å². The first-order chi connectivity index (χ1) is 16.6. The van der Waals surface area contributed by atoms with Gasteiger partial charge in [0.2, 0.25) is 0 Å². The van der Waals surface area contributed by atoms with Crippen LogP contribution in [0.5, 0.6) is 0 Å².